The van der Waals surface area contributed by atoms with Crippen LogP contribution in [0.3, 0.4) is 0 Å². The fourth-order valence-electron chi connectivity index (χ4n) is 4.78. The van der Waals surface area contributed by atoms with E-state index < -0.39 is 0 Å². The van der Waals surface area contributed by atoms with Gasteiger partial charge in [0.05, 0.1) is 12.7 Å². The van der Waals surface area contributed by atoms with Crippen molar-refractivity contribution in [2.75, 3.05) is 27.2 Å². The van der Waals surface area contributed by atoms with Crippen molar-refractivity contribution in [2.24, 2.45) is 5.92 Å². The first-order valence-corrected chi connectivity index (χ1v) is 11.8. The van der Waals surface area contributed by atoms with Gasteiger partial charge in [-0.05, 0) is 48.9 Å². The minimum absolute atomic E-state index is 0.00128. The quantitative estimate of drug-likeness (QED) is 0.516. The molecular weight excluding hydrogens is 428 g/mol. The third-order valence-electron chi connectivity index (χ3n) is 6.74. The summed E-state index contributed by atoms with van der Waals surface area (Å²) in [5.74, 6) is 0.935. The summed E-state index contributed by atoms with van der Waals surface area (Å²) in [6, 6.07) is 19.5. The van der Waals surface area contributed by atoms with Gasteiger partial charge in [-0.25, -0.2) is 0 Å². The molecule has 178 valence electrons. The maximum Gasteiger partial charge on any atom is 0.257 e. The van der Waals surface area contributed by atoms with Crippen molar-refractivity contribution in [2.45, 2.75) is 31.8 Å². The lowest BCUT2D eigenvalue weighted by molar-refractivity contribution is -0.134. The van der Waals surface area contributed by atoms with Crippen molar-refractivity contribution in [1.82, 2.24) is 19.6 Å². The number of likely N-dealkylation sites (tertiary alicyclic amines) is 1. The maximum absolute atomic E-state index is 13.1. The number of hydrogen-bond acceptors (Lipinski definition) is 4. The second kappa shape index (κ2) is 11.0. The molecule has 1 fully saturated rings. The number of amides is 2. The molecule has 0 radical (unpaired) electrons. The van der Waals surface area contributed by atoms with Crippen LogP contribution in [0, 0.1) is 5.92 Å². The predicted octanol–water partition coefficient (Wildman–Crippen LogP) is 3.51. The number of para-hydroxylation sites is 1. The molecule has 2 amide bonds. The van der Waals surface area contributed by atoms with E-state index in [1.807, 2.05) is 65.4 Å². The molecule has 1 saturated heterocycles. The van der Waals surface area contributed by atoms with Gasteiger partial charge in [0, 0.05) is 38.6 Å². The standard InChI is InChI=1S/C27H32N4O3/c1-29(26(32)20-31-16-8-15-28-31)24(19-21-9-4-3-5-10-21)22-13-17-30(18-14-22)27(33)23-11-6-7-12-25(23)34-2/h3-12,15-16,22,24H,13-14,17-20H2,1-2H3. The average Bonchev–Trinajstić information content (AvgIpc) is 3.40. The highest BCUT2D eigenvalue weighted by atomic mass is 16.5. The molecule has 34 heavy (non-hydrogen) atoms. The number of piperidine rings is 1. The Morgan fingerprint density at radius 2 is 1.76 bits per heavy atom. The Bertz CT molecular complexity index is 1080. The molecule has 7 heteroatoms. The van der Waals surface area contributed by atoms with Gasteiger partial charge in [-0.15, -0.1) is 0 Å². The highest BCUT2D eigenvalue weighted by molar-refractivity contribution is 5.97. The SMILES string of the molecule is COc1ccccc1C(=O)N1CCC(C(Cc2ccccc2)N(C)C(=O)Cn2cccn2)CC1. The van der Waals surface area contributed by atoms with Crippen molar-refractivity contribution >= 4 is 11.8 Å². The number of carbonyl (C=O) groups is 2. The van der Waals surface area contributed by atoms with Crippen LogP contribution < -0.4 is 4.74 Å². The first-order valence-electron chi connectivity index (χ1n) is 11.8. The fraction of sp³-hybridized carbons (Fsp3) is 0.370. The molecule has 1 aliphatic heterocycles. The van der Waals surface area contributed by atoms with E-state index in [1.165, 1.54) is 5.56 Å². The van der Waals surface area contributed by atoms with Crippen LogP contribution in [0.1, 0.15) is 28.8 Å². The van der Waals surface area contributed by atoms with E-state index in [0.717, 1.165) is 19.3 Å². The van der Waals surface area contributed by atoms with E-state index in [0.29, 0.717) is 30.3 Å². The number of likely N-dealkylation sites (N-methyl/N-ethyl adjacent to an activating group) is 1. The van der Waals surface area contributed by atoms with E-state index in [1.54, 1.807) is 24.2 Å². The number of hydrogen-bond donors (Lipinski definition) is 0. The molecule has 0 bridgehead atoms. The normalized spacial score (nSPS) is 15.1. The van der Waals surface area contributed by atoms with Gasteiger partial charge in [0.25, 0.3) is 5.91 Å². The second-order valence-electron chi connectivity index (χ2n) is 8.80. The van der Waals surface area contributed by atoms with Gasteiger partial charge in [-0.1, -0.05) is 42.5 Å². The van der Waals surface area contributed by atoms with Crippen molar-refractivity contribution in [1.29, 1.82) is 0 Å². The van der Waals surface area contributed by atoms with Crippen LogP contribution >= 0.6 is 0 Å². The van der Waals surface area contributed by atoms with Crippen LogP contribution in [0.15, 0.2) is 73.1 Å². The molecule has 0 saturated carbocycles. The molecule has 1 aliphatic rings. The van der Waals surface area contributed by atoms with Crippen LogP contribution in [-0.4, -0.2) is 64.7 Å². The molecule has 1 atom stereocenters. The fourth-order valence-corrected chi connectivity index (χ4v) is 4.78. The Labute approximate surface area is 200 Å². The highest BCUT2D eigenvalue weighted by Gasteiger charge is 2.33. The summed E-state index contributed by atoms with van der Waals surface area (Å²) in [7, 11) is 3.48. The Hall–Kier alpha value is -3.61. The van der Waals surface area contributed by atoms with Gasteiger partial charge in [-0.2, -0.15) is 5.10 Å². The Kier molecular flexibility index (Phi) is 7.62. The monoisotopic (exact) mass is 460 g/mol. The molecule has 1 unspecified atom stereocenters. The number of ether oxygens (including phenoxy) is 1. The van der Waals surface area contributed by atoms with Crippen LogP contribution in [0.5, 0.6) is 5.75 Å². The molecular formula is C27H32N4O3. The zero-order chi connectivity index (χ0) is 23.9. The number of benzene rings is 2. The van der Waals surface area contributed by atoms with Crippen LogP contribution in [0.2, 0.25) is 0 Å². The van der Waals surface area contributed by atoms with Gasteiger partial charge in [0.15, 0.2) is 0 Å². The average molecular weight is 461 g/mol. The molecule has 0 spiro atoms. The summed E-state index contributed by atoms with van der Waals surface area (Å²) in [5.41, 5.74) is 1.80. The topological polar surface area (TPSA) is 67.7 Å². The smallest absolute Gasteiger partial charge is 0.257 e. The highest BCUT2D eigenvalue weighted by Crippen LogP contribution is 2.29. The first-order chi connectivity index (χ1) is 16.6. The summed E-state index contributed by atoms with van der Waals surface area (Å²) < 4.78 is 7.04. The molecule has 7 nitrogen and oxygen atoms in total. The van der Waals surface area contributed by atoms with Crippen LogP contribution in [0.25, 0.3) is 0 Å². The molecule has 1 aromatic heterocycles. The lowest BCUT2D eigenvalue weighted by Gasteiger charge is -2.40. The minimum atomic E-state index is -0.00128. The van der Waals surface area contributed by atoms with Crippen molar-refractivity contribution in [3.8, 4) is 5.75 Å². The van der Waals surface area contributed by atoms with E-state index >= 15 is 0 Å². The Morgan fingerprint density at radius 1 is 1.06 bits per heavy atom. The third-order valence-corrected chi connectivity index (χ3v) is 6.74. The van der Waals surface area contributed by atoms with Crippen molar-refractivity contribution in [3.05, 3.63) is 84.2 Å². The van der Waals surface area contributed by atoms with Gasteiger partial charge in [0.1, 0.15) is 12.3 Å². The van der Waals surface area contributed by atoms with E-state index in [9.17, 15) is 9.59 Å². The molecule has 4 rings (SSSR count). The molecule has 2 aromatic carbocycles. The number of nitrogens with zero attached hydrogens (tertiary/aromatic N) is 4. The third kappa shape index (κ3) is 5.47. The number of rotatable bonds is 8. The van der Waals surface area contributed by atoms with Crippen molar-refractivity contribution in [3.63, 3.8) is 0 Å². The summed E-state index contributed by atoms with van der Waals surface area (Å²) >= 11 is 0. The van der Waals surface area contributed by atoms with E-state index in [4.69, 9.17) is 4.74 Å². The number of carbonyl (C=O) groups excluding carboxylic acids is 2. The molecule has 0 aliphatic carbocycles. The zero-order valence-electron chi connectivity index (χ0n) is 19.8. The molecule has 0 N–H and O–H groups in total. The zero-order valence-corrected chi connectivity index (χ0v) is 19.8. The van der Waals surface area contributed by atoms with Crippen LogP contribution in [-0.2, 0) is 17.8 Å². The lowest BCUT2D eigenvalue weighted by Crippen LogP contribution is -2.49. The van der Waals surface area contributed by atoms with Crippen molar-refractivity contribution < 1.29 is 14.3 Å². The predicted molar refractivity (Wildman–Crippen MR) is 131 cm³/mol. The van der Waals surface area contributed by atoms with E-state index in [2.05, 4.69) is 17.2 Å². The van der Waals surface area contributed by atoms with Gasteiger partial charge in [0.2, 0.25) is 5.91 Å². The first kappa shape index (κ1) is 23.5. The summed E-state index contributed by atoms with van der Waals surface area (Å²) in [6.45, 7) is 1.54. The van der Waals surface area contributed by atoms with Gasteiger partial charge < -0.3 is 14.5 Å². The largest absolute Gasteiger partial charge is 0.496 e. The second-order valence-corrected chi connectivity index (χ2v) is 8.80. The van der Waals surface area contributed by atoms with Gasteiger partial charge >= 0.3 is 0 Å². The van der Waals surface area contributed by atoms with Crippen LogP contribution in [0.4, 0.5) is 0 Å². The molecule has 2 heterocycles. The maximum atomic E-state index is 13.1. The lowest BCUT2D eigenvalue weighted by atomic mass is 9.84. The number of aromatic nitrogens is 2. The Morgan fingerprint density at radius 3 is 2.44 bits per heavy atom. The number of methoxy groups -OCH3 is 1. The van der Waals surface area contributed by atoms with E-state index in [-0.39, 0.29) is 24.4 Å². The minimum Gasteiger partial charge on any atom is -0.496 e. The molecule has 3 aromatic rings. The summed E-state index contributed by atoms with van der Waals surface area (Å²) in [6.07, 6.45) is 5.96. The van der Waals surface area contributed by atoms with Gasteiger partial charge in [-0.3, -0.25) is 14.3 Å². The Balaban J connectivity index is 1.46. The summed E-state index contributed by atoms with van der Waals surface area (Å²) in [4.78, 5) is 30.0. The summed E-state index contributed by atoms with van der Waals surface area (Å²) in [5, 5.41) is 4.18.